The maximum atomic E-state index is 11.0. The van der Waals surface area contributed by atoms with E-state index >= 15 is 0 Å². The number of ether oxygens (including phenoxy) is 1. The van der Waals surface area contributed by atoms with Gasteiger partial charge in [-0.15, -0.1) is 0 Å². The fourth-order valence-electron chi connectivity index (χ4n) is 1.10. The van der Waals surface area contributed by atoms with Crippen molar-refractivity contribution < 1.29 is 19.4 Å². The highest BCUT2D eigenvalue weighted by Crippen LogP contribution is 2.02. The van der Waals surface area contributed by atoms with E-state index in [1.165, 1.54) is 7.11 Å². The number of carboxylic acids is 1. The van der Waals surface area contributed by atoms with Gasteiger partial charge in [-0.1, -0.05) is 30.3 Å². The summed E-state index contributed by atoms with van der Waals surface area (Å²) in [5.74, 6) is -1.20. The number of methoxy groups -OCH3 is 1. The molecular formula is C12H17NO4. The summed E-state index contributed by atoms with van der Waals surface area (Å²) in [6.07, 6.45) is 0.521. The first-order valence-corrected chi connectivity index (χ1v) is 5.04. The monoisotopic (exact) mass is 239 g/mol. The lowest BCUT2D eigenvalue weighted by molar-refractivity contribution is -0.142. The molecule has 0 spiro atoms. The minimum Gasteiger partial charge on any atom is -0.481 e. The maximum Gasteiger partial charge on any atom is 0.322 e. The Morgan fingerprint density at radius 3 is 2.24 bits per heavy atom. The van der Waals surface area contributed by atoms with Crippen molar-refractivity contribution in [3.63, 3.8) is 0 Å². The summed E-state index contributed by atoms with van der Waals surface area (Å²) in [5, 5.41) is 7.42. The molecule has 0 aromatic heterocycles. The molecule has 0 saturated carbocycles. The average Bonchev–Trinajstić information content (AvgIpc) is 2.28. The number of hydrogen-bond donors (Lipinski definition) is 2. The van der Waals surface area contributed by atoms with Crippen LogP contribution >= 0.6 is 0 Å². The van der Waals surface area contributed by atoms with E-state index in [9.17, 15) is 4.79 Å². The van der Waals surface area contributed by atoms with Crippen LogP contribution in [0, 0.1) is 0 Å². The molecule has 0 amide bonds. The summed E-state index contributed by atoms with van der Waals surface area (Å²) < 4.78 is 4.52. The summed E-state index contributed by atoms with van der Waals surface area (Å²) in [6.45, 7) is 1.08. The number of carbonyl (C=O) groups excluding carboxylic acids is 1. The van der Waals surface area contributed by atoms with Gasteiger partial charge in [0.15, 0.2) is 0 Å². The minimum absolute atomic E-state index is 0.371. The molecular weight excluding hydrogens is 222 g/mol. The molecule has 0 aliphatic carbocycles. The number of rotatable bonds is 3. The number of nitrogens with two attached hydrogens (primary N) is 1. The van der Waals surface area contributed by atoms with Gasteiger partial charge >= 0.3 is 5.97 Å². The van der Waals surface area contributed by atoms with Crippen molar-refractivity contribution in [1.29, 1.82) is 0 Å². The molecule has 1 aromatic rings. The summed E-state index contributed by atoms with van der Waals surface area (Å²) in [4.78, 5) is 20.0. The standard InChI is InChI=1S/C10H13NO2.C2H4O2/c1-13-10(12)9(11)7-8-5-3-2-4-6-8;1-2(3)4/h2-6,9H,7,11H2,1H3;1H3,(H,3,4)/t9-;/m0./s1. The number of hydrogen-bond acceptors (Lipinski definition) is 4. The second kappa shape index (κ2) is 8.29. The summed E-state index contributed by atoms with van der Waals surface area (Å²) in [6, 6.07) is 9.06. The molecule has 0 aliphatic rings. The van der Waals surface area contributed by atoms with E-state index in [4.69, 9.17) is 15.6 Å². The van der Waals surface area contributed by atoms with E-state index in [0.29, 0.717) is 6.42 Å². The van der Waals surface area contributed by atoms with Crippen molar-refractivity contribution in [3.8, 4) is 0 Å². The quantitative estimate of drug-likeness (QED) is 0.762. The Morgan fingerprint density at radius 1 is 1.35 bits per heavy atom. The van der Waals surface area contributed by atoms with Crippen molar-refractivity contribution in [1.82, 2.24) is 0 Å². The number of carbonyl (C=O) groups is 2. The molecule has 5 nitrogen and oxygen atoms in total. The van der Waals surface area contributed by atoms with Crippen LogP contribution in [0.1, 0.15) is 12.5 Å². The number of carboxylic acid groups (broad SMARTS) is 1. The Bertz CT molecular complexity index is 347. The number of aliphatic carboxylic acids is 1. The van der Waals surface area contributed by atoms with E-state index in [0.717, 1.165) is 12.5 Å². The largest absolute Gasteiger partial charge is 0.481 e. The second-order valence-electron chi connectivity index (χ2n) is 3.34. The molecule has 0 radical (unpaired) electrons. The van der Waals surface area contributed by atoms with Crippen molar-refractivity contribution in [2.24, 2.45) is 5.73 Å². The molecule has 94 valence electrons. The first-order valence-electron chi connectivity index (χ1n) is 5.04. The molecule has 5 heteroatoms. The van der Waals surface area contributed by atoms with Gasteiger partial charge in [-0.3, -0.25) is 9.59 Å². The van der Waals surface area contributed by atoms with Gasteiger partial charge in [0.2, 0.25) is 0 Å². The van der Waals surface area contributed by atoms with Crippen LogP contribution in [-0.4, -0.2) is 30.2 Å². The van der Waals surface area contributed by atoms with Crippen LogP contribution in [0.15, 0.2) is 30.3 Å². The van der Waals surface area contributed by atoms with E-state index in [1.54, 1.807) is 0 Å². The lowest BCUT2D eigenvalue weighted by atomic mass is 10.1. The zero-order chi connectivity index (χ0) is 13.3. The van der Waals surface area contributed by atoms with Gasteiger partial charge < -0.3 is 15.6 Å². The van der Waals surface area contributed by atoms with Crippen LogP contribution in [-0.2, 0) is 20.7 Å². The molecule has 0 bridgehead atoms. The van der Waals surface area contributed by atoms with Crippen LogP contribution in [0.5, 0.6) is 0 Å². The summed E-state index contributed by atoms with van der Waals surface area (Å²) >= 11 is 0. The van der Waals surface area contributed by atoms with Gasteiger partial charge in [-0.2, -0.15) is 0 Å². The molecule has 1 aromatic carbocycles. The smallest absolute Gasteiger partial charge is 0.322 e. The minimum atomic E-state index is -0.833. The third kappa shape index (κ3) is 7.98. The Hall–Kier alpha value is -1.88. The third-order valence-electron chi connectivity index (χ3n) is 1.80. The van der Waals surface area contributed by atoms with Crippen LogP contribution in [0.4, 0.5) is 0 Å². The molecule has 17 heavy (non-hydrogen) atoms. The van der Waals surface area contributed by atoms with Crippen molar-refractivity contribution in [2.45, 2.75) is 19.4 Å². The highest BCUT2D eigenvalue weighted by molar-refractivity contribution is 5.75. The topological polar surface area (TPSA) is 89.6 Å². The van der Waals surface area contributed by atoms with Crippen molar-refractivity contribution in [3.05, 3.63) is 35.9 Å². The first-order chi connectivity index (χ1) is 7.97. The molecule has 0 heterocycles. The van der Waals surface area contributed by atoms with Crippen molar-refractivity contribution >= 4 is 11.9 Å². The molecule has 1 rings (SSSR count). The normalized spacial score (nSPS) is 10.8. The molecule has 0 unspecified atom stereocenters. The molecule has 0 fully saturated rings. The number of esters is 1. The fourth-order valence-corrected chi connectivity index (χ4v) is 1.10. The highest BCUT2D eigenvalue weighted by atomic mass is 16.5. The molecule has 1 atom stereocenters. The summed E-state index contributed by atoms with van der Waals surface area (Å²) in [7, 11) is 1.34. The zero-order valence-corrected chi connectivity index (χ0v) is 9.92. The van der Waals surface area contributed by atoms with Crippen molar-refractivity contribution in [2.75, 3.05) is 7.11 Å². The lowest BCUT2D eigenvalue weighted by Gasteiger charge is -2.08. The van der Waals surface area contributed by atoms with E-state index in [-0.39, 0.29) is 5.97 Å². The predicted molar refractivity (Wildman–Crippen MR) is 63.4 cm³/mol. The Balaban J connectivity index is 0.000000557. The van der Waals surface area contributed by atoms with Crippen LogP contribution < -0.4 is 5.73 Å². The van der Waals surface area contributed by atoms with Gasteiger partial charge in [-0.05, 0) is 12.0 Å². The predicted octanol–water partition coefficient (Wildman–Crippen LogP) is 0.820. The first kappa shape index (κ1) is 15.1. The van der Waals surface area contributed by atoms with Gasteiger partial charge in [-0.25, -0.2) is 0 Å². The van der Waals surface area contributed by atoms with Gasteiger partial charge in [0, 0.05) is 6.92 Å². The van der Waals surface area contributed by atoms with Crippen LogP contribution in [0.25, 0.3) is 0 Å². The van der Waals surface area contributed by atoms with Gasteiger partial charge in [0.25, 0.3) is 5.97 Å². The third-order valence-corrected chi connectivity index (χ3v) is 1.80. The van der Waals surface area contributed by atoms with E-state index in [1.807, 2.05) is 30.3 Å². The maximum absolute atomic E-state index is 11.0. The van der Waals surface area contributed by atoms with E-state index < -0.39 is 12.0 Å². The fraction of sp³-hybridized carbons (Fsp3) is 0.333. The Kier molecular flexibility index (Phi) is 7.38. The molecule has 3 N–H and O–H groups in total. The Labute approximate surface area is 100 Å². The van der Waals surface area contributed by atoms with Crippen LogP contribution in [0.3, 0.4) is 0 Å². The molecule has 0 aliphatic heterocycles. The van der Waals surface area contributed by atoms with Gasteiger partial charge in [0.1, 0.15) is 6.04 Å². The Morgan fingerprint density at radius 2 is 1.82 bits per heavy atom. The molecule has 0 saturated heterocycles. The lowest BCUT2D eigenvalue weighted by Crippen LogP contribution is -2.33. The number of benzene rings is 1. The van der Waals surface area contributed by atoms with Gasteiger partial charge in [0.05, 0.1) is 7.11 Å². The summed E-state index contributed by atoms with van der Waals surface area (Å²) in [5.41, 5.74) is 6.63. The highest BCUT2D eigenvalue weighted by Gasteiger charge is 2.13. The SMILES string of the molecule is CC(=O)O.COC(=O)[C@@H](N)Cc1ccccc1. The average molecular weight is 239 g/mol. The van der Waals surface area contributed by atoms with Crippen LogP contribution in [0.2, 0.25) is 0 Å². The second-order valence-corrected chi connectivity index (χ2v) is 3.34. The van der Waals surface area contributed by atoms with E-state index in [2.05, 4.69) is 4.74 Å². The zero-order valence-electron chi connectivity index (χ0n) is 9.92.